The lowest BCUT2D eigenvalue weighted by atomic mass is 9.90. The molecule has 3 nitrogen and oxygen atoms in total. The number of fused-ring (bicyclic) bond motifs is 1. The summed E-state index contributed by atoms with van der Waals surface area (Å²) in [6.45, 7) is 2.28. The van der Waals surface area contributed by atoms with E-state index in [2.05, 4.69) is 35.5 Å². The van der Waals surface area contributed by atoms with Crippen molar-refractivity contribution < 1.29 is 0 Å². The maximum atomic E-state index is 5.74. The molecule has 3 N–H and O–H groups in total. The van der Waals surface area contributed by atoms with E-state index in [1.165, 1.54) is 29.2 Å². The molecule has 2 aromatic rings. The quantitative estimate of drug-likeness (QED) is 0.626. The van der Waals surface area contributed by atoms with E-state index < -0.39 is 0 Å². The van der Waals surface area contributed by atoms with Crippen LogP contribution in [0.25, 0.3) is 10.8 Å². The summed E-state index contributed by atoms with van der Waals surface area (Å²) in [5, 5.41) is 2.42. The van der Waals surface area contributed by atoms with Gasteiger partial charge in [-0.25, -0.2) is 0 Å². The maximum absolute atomic E-state index is 5.74. The topological polar surface area (TPSA) is 50.9 Å². The molecule has 1 fully saturated rings. The molecule has 1 aromatic carbocycles. The fourth-order valence-corrected chi connectivity index (χ4v) is 2.52. The normalized spacial score (nSPS) is 19.2. The lowest BCUT2D eigenvalue weighted by molar-refractivity contribution is 0.374. The Morgan fingerprint density at radius 2 is 2.06 bits per heavy atom. The van der Waals surface area contributed by atoms with Gasteiger partial charge in [-0.3, -0.25) is 16.3 Å². The molecule has 88 valence electrons. The zero-order chi connectivity index (χ0) is 11.9. The van der Waals surface area contributed by atoms with Crippen molar-refractivity contribution in [3.63, 3.8) is 0 Å². The molecule has 0 aliphatic heterocycles. The van der Waals surface area contributed by atoms with E-state index in [-0.39, 0.29) is 6.04 Å². The molecule has 1 aliphatic carbocycles. The summed E-state index contributed by atoms with van der Waals surface area (Å²) < 4.78 is 0. The van der Waals surface area contributed by atoms with Crippen molar-refractivity contribution in [1.82, 2.24) is 10.4 Å². The molecule has 1 atom stereocenters. The van der Waals surface area contributed by atoms with Crippen LogP contribution in [0.5, 0.6) is 0 Å². The molecule has 0 radical (unpaired) electrons. The van der Waals surface area contributed by atoms with Crippen LogP contribution in [-0.4, -0.2) is 4.98 Å². The van der Waals surface area contributed by atoms with Gasteiger partial charge in [0.15, 0.2) is 0 Å². The van der Waals surface area contributed by atoms with Gasteiger partial charge in [0.05, 0.1) is 6.04 Å². The van der Waals surface area contributed by atoms with Crippen molar-refractivity contribution in [1.29, 1.82) is 0 Å². The zero-order valence-electron chi connectivity index (χ0n) is 9.98. The minimum Gasteiger partial charge on any atom is -0.271 e. The Morgan fingerprint density at radius 3 is 2.76 bits per heavy atom. The van der Waals surface area contributed by atoms with Crippen LogP contribution in [0.2, 0.25) is 0 Å². The van der Waals surface area contributed by atoms with Gasteiger partial charge in [-0.2, -0.15) is 0 Å². The molecule has 17 heavy (non-hydrogen) atoms. The molecule has 3 rings (SSSR count). The maximum Gasteiger partial charge on any atom is 0.0534 e. The fourth-order valence-electron chi connectivity index (χ4n) is 2.52. The molecular formula is C14H17N3. The number of benzene rings is 1. The van der Waals surface area contributed by atoms with Gasteiger partial charge in [-0.05, 0) is 29.2 Å². The number of aromatic nitrogens is 1. The van der Waals surface area contributed by atoms with Crippen LogP contribution in [0.1, 0.15) is 31.4 Å². The summed E-state index contributed by atoms with van der Waals surface area (Å²) in [5.41, 5.74) is 4.48. The van der Waals surface area contributed by atoms with E-state index in [0.29, 0.717) is 5.41 Å². The van der Waals surface area contributed by atoms with Gasteiger partial charge in [-0.15, -0.1) is 0 Å². The van der Waals surface area contributed by atoms with E-state index in [1.807, 2.05) is 18.5 Å². The van der Waals surface area contributed by atoms with Crippen molar-refractivity contribution in [3.8, 4) is 0 Å². The first-order chi connectivity index (χ1) is 8.24. The van der Waals surface area contributed by atoms with E-state index in [0.717, 1.165) is 0 Å². The van der Waals surface area contributed by atoms with Gasteiger partial charge in [0.25, 0.3) is 0 Å². The third kappa shape index (κ3) is 1.72. The van der Waals surface area contributed by atoms with Gasteiger partial charge in [0.2, 0.25) is 0 Å². The second kappa shape index (κ2) is 3.79. The summed E-state index contributed by atoms with van der Waals surface area (Å²) in [5.74, 6) is 5.74. The highest BCUT2D eigenvalue weighted by atomic mass is 15.2. The number of hydrogen-bond acceptors (Lipinski definition) is 3. The predicted molar refractivity (Wildman–Crippen MR) is 69.1 cm³/mol. The van der Waals surface area contributed by atoms with Crippen molar-refractivity contribution >= 4 is 10.8 Å². The number of rotatable bonds is 3. The first kappa shape index (κ1) is 10.7. The average Bonchev–Trinajstić information content (AvgIpc) is 3.09. The van der Waals surface area contributed by atoms with Gasteiger partial charge >= 0.3 is 0 Å². The minimum absolute atomic E-state index is 0.195. The Kier molecular flexibility index (Phi) is 2.38. The number of nitrogens with one attached hydrogen (secondary N) is 1. The number of hydrogen-bond donors (Lipinski definition) is 2. The van der Waals surface area contributed by atoms with Crippen LogP contribution in [0.3, 0.4) is 0 Å². The van der Waals surface area contributed by atoms with Gasteiger partial charge in [-0.1, -0.05) is 31.2 Å². The highest BCUT2D eigenvalue weighted by Gasteiger charge is 2.45. The number of hydrazine groups is 1. The molecule has 1 unspecified atom stereocenters. The van der Waals surface area contributed by atoms with Gasteiger partial charge < -0.3 is 0 Å². The molecule has 1 aliphatic rings. The summed E-state index contributed by atoms with van der Waals surface area (Å²) in [6, 6.07) is 8.53. The number of pyridine rings is 1. The molecule has 1 aromatic heterocycles. The second-order valence-electron chi connectivity index (χ2n) is 5.20. The molecule has 0 spiro atoms. The second-order valence-corrected chi connectivity index (χ2v) is 5.20. The molecule has 0 saturated heterocycles. The zero-order valence-corrected chi connectivity index (χ0v) is 9.98. The Bertz CT molecular complexity index is 541. The molecule has 3 heteroatoms. The van der Waals surface area contributed by atoms with Gasteiger partial charge in [0.1, 0.15) is 0 Å². The van der Waals surface area contributed by atoms with E-state index in [1.54, 1.807) is 0 Å². The SMILES string of the molecule is CC1(C(NN)c2cncc3ccccc23)CC1. The van der Waals surface area contributed by atoms with E-state index in [9.17, 15) is 0 Å². The number of nitrogens with zero attached hydrogens (tertiary/aromatic N) is 1. The van der Waals surface area contributed by atoms with Crippen molar-refractivity contribution in [2.75, 3.05) is 0 Å². The summed E-state index contributed by atoms with van der Waals surface area (Å²) >= 11 is 0. The van der Waals surface area contributed by atoms with E-state index in [4.69, 9.17) is 5.84 Å². The monoisotopic (exact) mass is 227 g/mol. The Hall–Kier alpha value is -1.45. The van der Waals surface area contributed by atoms with Crippen LogP contribution in [-0.2, 0) is 0 Å². The smallest absolute Gasteiger partial charge is 0.0534 e. The number of nitrogens with two attached hydrogens (primary N) is 1. The highest BCUT2D eigenvalue weighted by Crippen LogP contribution is 2.54. The first-order valence-electron chi connectivity index (χ1n) is 6.03. The average molecular weight is 227 g/mol. The molecule has 0 bridgehead atoms. The molecule has 1 heterocycles. The van der Waals surface area contributed by atoms with Crippen LogP contribution < -0.4 is 11.3 Å². The first-order valence-corrected chi connectivity index (χ1v) is 6.03. The van der Waals surface area contributed by atoms with E-state index >= 15 is 0 Å². The van der Waals surface area contributed by atoms with Crippen LogP contribution in [0.15, 0.2) is 36.7 Å². The molecule has 1 saturated carbocycles. The Balaban J connectivity index is 2.16. The third-order valence-corrected chi connectivity index (χ3v) is 3.91. The third-order valence-electron chi connectivity index (χ3n) is 3.91. The predicted octanol–water partition coefficient (Wildman–Crippen LogP) is 2.54. The van der Waals surface area contributed by atoms with Crippen molar-refractivity contribution in [3.05, 3.63) is 42.2 Å². The van der Waals surface area contributed by atoms with Crippen LogP contribution >= 0.6 is 0 Å². The Morgan fingerprint density at radius 1 is 1.29 bits per heavy atom. The summed E-state index contributed by atoms with van der Waals surface area (Å²) in [4.78, 5) is 4.33. The largest absolute Gasteiger partial charge is 0.271 e. The van der Waals surface area contributed by atoms with Crippen LogP contribution in [0.4, 0.5) is 0 Å². The van der Waals surface area contributed by atoms with Crippen LogP contribution in [0, 0.1) is 5.41 Å². The molecular weight excluding hydrogens is 210 g/mol. The summed E-state index contributed by atoms with van der Waals surface area (Å²) in [6.07, 6.45) is 6.30. The summed E-state index contributed by atoms with van der Waals surface area (Å²) in [7, 11) is 0. The minimum atomic E-state index is 0.195. The standard InChI is InChI=1S/C14H17N3/c1-14(6-7-14)13(17-15)12-9-16-8-10-4-2-3-5-11(10)12/h2-5,8-9,13,17H,6-7,15H2,1H3. The lowest BCUT2D eigenvalue weighted by Crippen LogP contribution is -2.33. The van der Waals surface area contributed by atoms with Crippen molar-refractivity contribution in [2.24, 2.45) is 11.3 Å². The van der Waals surface area contributed by atoms with Crippen molar-refractivity contribution in [2.45, 2.75) is 25.8 Å². The lowest BCUT2D eigenvalue weighted by Gasteiger charge is -2.24. The molecule has 0 amide bonds. The Labute approximate surface area is 101 Å². The fraction of sp³-hybridized carbons (Fsp3) is 0.357. The highest BCUT2D eigenvalue weighted by molar-refractivity contribution is 5.85. The van der Waals surface area contributed by atoms with Gasteiger partial charge in [0, 0.05) is 17.8 Å².